The summed E-state index contributed by atoms with van der Waals surface area (Å²) >= 11 is 0. The standard InChI is InChI=1S/C17H23N3O2S/c1-20-6-4-12(5-7-20)8-13-2-3-16-15(9-13)17(18)14(10-19-16)11-23(21)22/h2-3,9-10,12,23H,4-8,11H2,1H3,(H2,18,19). The minimum atomic E-state index is -2.50. The van der Waals surface area contributed by atoms with Crippen molar-refractivity contribution in [2.24, 2.45) is 5.92 Å². The largest absolute Gasteiger partial charge is 0.398 e. The van der Waals surface area contributed by atoms with Gasteiger partial charge in [-0.3, -0.25) is 4.98 Å². The normalized spacial score (nSPS) is 17.1. The Labute approximate surface area is 138 Å². The first-order chi connectivity index (χ1) is 11.0. The number of likely N-dealkylation sites (tertiary alicyclic amines) is 1. The van der Waals surface area contributed by atoms with E-state index in [2.05, 4.69) is 29.1 Å². The second kappa shape index (κ2) is 6.84. The van der Waals surface area contributed by atoms with E-state index in [4.69, 9.17) is 5.73 Å². The van der Waals surface area contributed by atoms with Gasteiger partial charge in [0.1, 0.15) is 10.7 Å². The molecule has 6 heteroatoms. The van der Waals surface area contributed by atoms with E-state index in [1.165, 1.54) is 18.4 Å². The van der Waals surface area contributed by atoms with E-state index in [0.29, 0.717) is 17.2 Å². The van der Waals surface area contributed by atoms with Crippen molar-refractivity contribution in [3.63, 3.8) is 0 Å². The fourth-order valence-corrected chi connectivity index (χ4v) is 3.82. The third-order valence-corrected chi connectivity index (χ3v) is 5.32. The molecule has 1 aliphatic rings. The highest BCUT2D eigenvalue weighted by Gasteiger charge is 2.17. The van der Waals surface area contributed by atoms with Crippen molar-refractivity contribution in [2.75, 3.05) is 25.9 Å². The van der Waals surface area contributed by atoms with Gasteiger partial charge in [-0.15, -0.1) is 0 Å². The van der Waals surface area contributed by atoms with Crippen LogP contribution < -0.4 is 5.73 Å². The molecule has 1 fully saturated rings. The topological polar surface area (TPSA) is 76.3 Å². The zero-order chi connectivity index (χ0) is 16.4. The summed E-state index contributed by atoms with van der Waals surface area (Å²) in [5, 5.41) is 0.866. The minimum Gasteiger partial charge on any atom is -0.398 e. The molecule has 0 atom stereocenters. The maximum absolute atomic E-state index is 11.0. The lowest BCUT2D eigenvalue weighted by molar-refractivity contribution is 0.219. The number of hydrogen-bond donors (Lipinski definition) is 2. The van der Waals surface area contributed by atoms with Gasteiger partial charge in [0.05, 0.1) is 11.3 Å². The third kappa shape index (κ3) is 3.82. The number of thiol groups is 1. The van der Waals surface area contributed by atoms with E-state index in [-0.39, 0.29) is 5.75 Å². The van der Waals surface area contributed by atoms with Gasteiger partial charge in [-0.25, -0.2) is 8.42 Å². The molecule has 0 radical (unpaired) electrons. The summed E-state index contributed by atoms with van der Waals surface area (Å²) in [5.41, 5.74) is 9.38. The number of nitrogen functional groups attached to an aromatic ring is 1. The Kier molecular flexibility index (Phi) is 4.82. The van der Waals surface area contributed by atoms with E-state index in [1.807, 2.05) is 6.07 Å². The van der Waals surface area contributed by atoms with Crippen LogP contribution in [0.1, 0.15) is 24.0 Å². The number of fused-ring (bicyclic) bond motifs is 1. The number of piperidine rings is 1. The van der Waals surface area contributed by atoms with Gasteiger partial charge in [-0.05, 0) is 63.0 Å². The Morgan fingerprint density at radius 3 is 2.74 bits per heavy atom. The second-order valence-electron chi connectivity index (χ2n) is 6.49. The van der Waals surface area contributed by atoms with Gasteiger partial charge in [0.2, 0.25) is 0 Å². The second-order valence-corrected chi connectivity index (χ2v) is 7.47. The van der Waals surface area contributed by atoms with Gasteiger partial charge in [-0.1, -0.05) is 6.07 Å². The van der Waals surface area contributed by atoms with Crippen molar-refractivity contribution < 1.29 is 8.42 Å². The molecule has 124 valence electrons. The Balaban J connectivity index is 1.86. The average molecular weight is 333 g/mol. The van der Waals surface area contributed by atoms with Crippen LogP contribution in [0.3, 0.4) is 0 Å². The molecule has 2 N–H and O–H groups in total. The summed E-state index contributed by atoms with van der Waals surface area (Å²) in [4.78, 5) is 6.71. The first kappa shape index (κ1) is 16.2. The molecule has 0 amide bonds. The van der Waals surface area contributed by atoms with Crippen LogP contribution in [0.5, 0.6) is 0 Å². The van der Waals surface area contributed by atoms with Crippen molar-refractivity contribution in [3.8, 4) is 0 Å². The van der Waals surface area contributed by atoms with Crippen molar-refractivity contribution in [1.82, 2.24) is 9.88 Å². The van der Waals surface area contributed by atoms with Crippen LogP contribution in [-0.2, 0) is 22.9 Å². The summed E-state index contributed by atoms with van der Waals surface area (Å²) in [5.74, 6) is 0.653. The number of rotatable bonds is 4. The van der Waals surface area contributed by atoms with E-state index >= 15 is 0 Å². The molecule has 2 heterocycles. The molecular weight excluding hydrogens is 310 g/mol. The first-order valence-corrected chi connectivity index (χ1v) is 9.35. The highest BCUT2D eigenvalue weighted by Crippen LogP contribution is 2.27. The van der Waals surface area contributed by atoms with Crippen molar-refractivity contribution in [1.29, 1.82) is 0 Å². The van der Waals surface area contributed by atoms with E-state index in [9.17, 15) is 8.42 Å². The lowest BCUT2D eigenvalue weighted by Gasteiger charge is -2.29. The van der Waals surface area contributed by atoms with Gasteiger partial charge in [0, 0.05) is 22.8 Å². The van der Waals surface area contributed by atoms with Crippen LogP contribution in [0.15, 0.2) is 24.4 Å². The van der Waals surface area contributed by atoms with Crippen LogP contribution in [0.2, 0.25) is 0 Å². The molecule has 1 saturated heterocycles. The molecule has 1 aromatic carbocycles. The van der Waals surface area contributed by atoms with Crippen molar-refractivity contribution in [3.05, 3.63) is 35.5 Å². The Morgan fingerprint density at radius 1 is 1.30 bits per heavy atom. The predicted octanol–water partition coefficient (Wildman–Crippen LogP) is 1.81. The van der Waals surface area contributed by atoms with Crippen LogP contribution in [0.25, 0.3) is 10.9 Å². The number of nitrogens with zero attached hydrogens (tertiary/aromatic N) is 2. The lowest BCUT2D eigenvalue weighted by Crippen LogP contribution is -2.30. The SMILES string of the molecule is CN1CCC(Cc2ccc3ncc(C[SH](=O)=O)c(N)c3c2)CC1. The first-order valence-electron chi connectivity index (χ1n) is 7.99. The number of anilines is 1. The maximum atomic E-state index is 11.0. The van der Waals surface area contributed by atoms with Gasteiger partial charge in [0.25, 0.3) is 0 Å². The number of hydrogen-bond acceptors (Lipinski definition) is 5. The van der Waals surface area contributed by atoms with Gasteiger partial charge >= 0.3 is 0 Å². The van der Waals surface area contributed by atoms with Gasteiger partial charge in [0.15, 0.2) is 0 Å². The molecule has 0 spiro atoms. The highest BCUT2D eigenvalue weighted by molar-refractivity contribution is 7.71. The Hall–Kier alpha value is -1.66. The van der Waals surface area contributed by atoms with Gasteiger partial charge in [-0.2, -0.15) is 0 Å². The third-order valence-electron chi connectivity index (χ3n) is 4.72. The van der Waals surface area contributed by atoms with Crippen LogP contribution in [0, 0.1) is 5.92 Å². The van der Waals surface area contributed by atoms with E-state index in [1.54, 1.807) is 6.20 Å². The number of pyridine rings is 1. The fourth-order valence-electron chi connectivity index (χ4n) is 3.29. The van der Waals surface area contributed by atoms with Crippen molar-refractivity contribution in [2.45, 2.75) is 25.0 Å². The summed E-state index contributed by atoms with van der Waals surface area (Å²) in [7, 11) is -0.331. The zero-order valence-electron chi connectivity index (χ0n) is 13.4. The van der Waals surface area contributed by atoms with Crippen molar-refractivity contribution >= 4 is 27.3 Å². The quantitative estimate of drug-likeness (QED) is 0.835. The van der Waals surface area contributed by atoms with Crippen LogP contribution in [0.4, 0.5) is 5.69 Å². The minimum absolute atomic E-state index is 0.0523. The summed E-state index contributed by atoms with van der Waals surface area (Å²) in [6.45, 7) is 2.31. The summed E-state index contributed by atoms with van der Waals surface area (Å²) in [6.07, 6.45) is 5.06. The molecule has 3 rings (SSSR count). The monoisotopic (exact) mass is 333 g/mol. The molecule has 1 aromatic heterocycles. The van der Waals surface area contributed by atoms with Crippen LogP contribution in [-0.4, -0.2) is 38.4 Å². The number of benzene rings is 1. The summed E-state index contributed by atoms with van der Waals surface area (Å²) < 4.78 is 21.9. The molecule has 0 aliphatic carbocycles. The van der Waals surface area contributed by atoms with E-state index < -0.39 is 10.7 Å². The molecule has 23 heavy (non-hydrogen) atoms. The maximum Gasteiger partial charge on any atom is 0.144 e. The predicted molar refractivity (Wildman–Crippen MR) is 94.1 cm³/mol. The number of nitrogens with two attached hydrogens (primary N) is 1. The van der Waals surface area contributed by atoms with Crippen LogP contribution >= 0.6 is 0 Å². The number of aromatic nitrogens is 1. The average Bonchev–Trinajstić information content (AvgIpc) is 2.52. The Bertz CT molecular complexity index is 773. The molecule has 1 aliphatic heterocycles. The molecule has 0 bridgehead atoms. The Morgan fingerprint density at radius 2 is 2.04 bits per heavy atom. The summed E-state index contributed by atoms with van der Waals surface area (Å²) in [6, 6.07) is 6.18. The molecule has 2 aromatic rings. The smallest absolute Gasteiger partial charge is 0.144 e. The molecule has 0 unspecified atom stereocenters. The zero-order valence-corrected chi connectivity index (χ0v) is 14.3. The molecular formula is C17H23N3O2S. The highest BCUT2D eigenvalue weighted by atomic mass is 32.2. The lowest BCUT2D eigenvalue weighted by atomic mass is 9.90. The van der Waals surface area contributed by atoms with E-state index in [0.717, 1.165) is 30.4 Å². The molecule has 0 saturated carbocycles. The van der Waals surface area contributed by atoms with Gasteiger partial charge < -0.3 is 10.6 Å². The molecule has 5 nitrogen and oxygen atoms in total. The fraction of sp³-hybridized carbons (Fsp3) is 0.471.